The number of hydrogen-bond acceptors (Lipinski definition) is 4. The third kappa shape index (κ3) is 4.76. The predicted octanol–water partition coefficient (Wildman–Crippen LogP) is 6.02. The van der Waals surface area contributed by atoms with E-state index >= 15 is 0 Å². The molecule has 0 radical (unpaired) electrons. The lowest BCUT2D eigenvalue weighted by atomic mass is 9.92. The number of anilines is 1. The van der Waals surface area contributed by atoms with Crippen LogP contribution in [0, 0.1) is 19.8 Å². The summed E-state index contributed by atoms with van der Waals surface area (Å²) in [4.78, 5) is 30.5. The Morgan fingerprint density at radius 2 is 1.80 bits per heavy atom. The van der Waals surface area contributed by atoms with Crippen molar-refractivity contribution in [3.05, 3.63) is 83.2 Å². The molecule has 0 spiro atoms. The van der Waals surface area contributed by atoms with Gasteiger partial charge in [-0.15, -0.1) is 0 Å². The van der Waals surface area contributed by atoms with E-state index < -0.39 is 17.7 Å². The quantitative estimate of drug-likeness (QED) is 0.393. The number of ketones is 1. The lowest BCUT2D eigenvalue weighted by molar-refractivity contribution is -0.128. The Labute approximate surface area is 203 Å². The third-order valence-electron chi connectivity index (χ3n) is 6.40. The molecule has 180 valence electrons. The summed E-state index contributed by atoms with van der Waals surface area (Å²) in [5.41, 5.74) is 5.26. The van der Waals surface area contributed by atoms with Gasteiger partial charge in [0, 0.05) is 30.8 Å². The first kappa shape index (κ1) is 24.4. The predicted molar refractivity (Wildman–Crippen MR) is 133 cm³/mol. The van der Waals surface area contributed by atoms with Crippen molar-refractivity contribution < 1.29 is 18.4 Å². The van der Waals surface area contributed by atoms with Crippen molar-refractivity contribution in [3.63, 3.8) is 0 Å². The van der Waals surface area contributed by atoms with Crippen LogP contribution in [0.1, 0.15) is 42.5 Å². The van der Waals surface area contributed by atoms with Gasteiger partial charge in [0.1, 0.15) is 5.92 Å². The first-order valence-corrected chi connectivity index (χ1v) is 11.5. The Morgan fingerprint density at radius 3 is 2.51 bits per heavy atom. The monoisotopic (exact) mass is 475 g/mol. The SMILES string of the molecule is CCC(F)(F)c1cccc(CC(=O)C2C(=O)N(c3ccc(C)c(-c4ccncc4C)c3)N=C2C)c1. The fourth-order valence-electron chi connectivity index (χ4n) is 4.35. The van der Waals surface area contributed by atoms with Gasteiger partial charge < -0.3 is 0 Å². The second-order valence-electron chi connectivity index (χ2n) is 8.92. The van der Waals surface area contributed by atoms with E-state index in [9.17, 15) is 18.4 Å². The van der Waals surface area contributed by atoms with Crippen molar-refractivity contribution in [1.82, 2.24) is 4.98 Å². The molecule has 1 aromatic heterocycles. The first-order chi connectivity index (χ1) is 16.6. The van der Waals surface area contributed by atoms with Crippen LogP contribution in [0.2, 0.25) is 0 Å². The zero-order valence-corrected chi connectivity index (χ0v) is 20.2. The fourth-order valence-corrected chi connectivity index (χ4v) is 4.35. The average Bonchev–Trinajstić information content (AvgIpc) is 3.14. The minimum absolute atomic E-state index is 0.125. The second kappa shape index (κ2) is 9.49. The molecule has 7 heteroatoms. The van der Waals surface area contributed by atoms with E-state index in [2.05, 4.69) is 10.1 Å². The zero-order valence-electron chi connectivity index (χ0n) is 20.2. The standard InChI is InChI=1S/C28H27F2N3O2/c1-5-28(29,30)21-8-6-7-20(13-21)14-25(34)26-19(4)32-33(27(26)35)22-10-9-17(2)24(15-22)23-11-12-31-16-18(23)3/h6-13,15-16,26H,5,14H2,1-4H3. The summed E-state index contributed by atoms with van der Waals surface area (Å²) in [6.45, 7) is 7.01. The number of amides is 1. The summed E-state index contributed by atoms with van der Waals surface area (Å²) in [5.74, 6) is -4.82. The molecule has 0 aliphatic carbocycles. The van der Waals surface area contributed by atoms with Crippen LogP contribution in [-0.2, 0) is 21.9 Å². The molecule has 0 saturated heterocycles. The topological polar surface area (TPSA) is 62.6 Å². The van der Waals surface area contributed by atoms with Gasteiger partial charge in [0.2, 0.25) is 0 Å². The van der Waals surface area contributed by atoms with Crippen LogP contribution < -0.4 is 5.01 Å². The number of aromatic nitrogens is 1. The van der Waals surface area contributed by atoms with Crippen molar-refractivity contribution >= 4 is 23.1 Å². The fraction of sp³-hybridized carbons (Fsp3) is 0.286. The van der Waals surface area contributed by atoms with Crippen LogP contribution >= 0.6 is 0 Å². The highest BCUT2D eigenvalue weighted by Crippen LogP contribution is 2.34. The molecule has 0 fully saturated rings. The van der Waals surface area contributed by atoms with E-state index in [0.29, 0.717) is 17.0 Å². The lowest BCUT2D eigenvalue weighted by Crippen LogP contribution is -2.33. The van der Waals surface area contributed by atoms with Crippen molar-refractivity contribution in [2.45, 2.75) is 46.5 Å². The van der Waals surface area contributed by atoms with Crippen LogP contribution in [-0.4, -0.2) is 22.4 Å². The molecule has 5 nitrogen and oxygen atoms in total. The Morgan fingerprint density at radius 1 is 1.03 bits per heavy atom. The van der Waals surface area contributed by atoms with Crippen molar-refractivity contribution in [3.8, 4) is 11.1 Å². The molecule has 35 heavy (non-hydrogen) atoms. The van der Waals surface area contributed by atoms with Gasteiger partial charge in [-0.2, -0.15) is 10.1 Å². The van der Waals surface area contributed by atoms with Gasteiger partial charge in [-0.25, -0.2) is 8.78 Å². The minimum Gasteiger partial charge on any atom is -0.298 e. The van der Waals surface area contributed by atoms with Crippen molar-refractivity contribution in [2.24, 2.45) is 11.0 Å². The number of halogens is 2. The molecule has 1 amide bonds. The summed E-state index contributed by atoms with van der Waals surface area (Å²) in [5, 5.41) is 5.65. The number of rotatable bonds is 7. The Kier molecular flexibility index (Phi) is 6.61. The number of nitrogens with zero attached hydrogens (tertiary/aromatic N) is 3. The van der Waals surface area contributed by atoms with Gasteiger partial charge >= 0.3 is 0 Å². The van der Waals surface area contributed by atoms with Gasteiger partial charge in [0.05, 0.1) is 11.4 Å². The summed E-state index contributed by atoms with van der Waals surface area (Å²) in [6, 6.07) is 13.4. The molecular weight excluding hydrogens is 448 g/mol. The third-order valence-corrected chi connectivity index (χ3v) is 6.40. The van der Waals surface area contributed by atoms with E-state index in [-0.39, 0.29) is 24.2 Å². The van der Waals surface area contributed by atoms with Crippen molar-refractivity contribution in [2.75, 3.05) is 5.01 Å². The van der Waals surface area contributed by atoms with Crippen LogP contribution in [0.4, 0.5) is 14.5 Å². The molecule has 0 N–H and O–H groups in total. The Balaban J connectivity index is 1.58. The van der Waals surface area contributed by atoms with E-state index in [1.807, 2.05) is 32.0 Å². The van der Waals surface area contributed by atoms with Gasteiger partial charge in [0.25, 0.3) is 11.8 Å². The van der Waals surface area contributed by atoms with Gasteiger partial charge in [-0.1, -0.05) is 31.2 Å². The smallest absolute Gasteiger partial charge is 0.273 e. The zero-order chi connectivity index (χ0) is 25.3. The molecular formula is C28H27F2N3O2. The molecule has 2 aromatic carbocycles. The van der Waals surface area contributed by atoms with Gasteiger partial charge in [-0.05, 0) is 72.9 Å². The molecule has 1 aliphatic rings. The Hall–Kier alpha value is -3.74. The highest BCUT2D eigenvalue weighted by molar-refractivity contribution is 6.27. The first-order valence-electron chi connectivity index (χ1n) is 11.5. The van der Waals surface area contributed by atoms with Crippen LogP contribution in [0.5, 0.6) is 0 Å². The number of carbonyl (C=O) groups is 2. The molecule has 0 saturated carbocycles. The number of Topliss-reactive ketones (excluding diaryl/α,β-unsaturated/α-hetero) is 1. The largest absolute Gasteiger partial charge is 0.298 e. The van der Waals surface area contributed by atoms with E-state index in [1.54, 1.807) is 31.5 Å². The van der Waals surface area contributed by atoms with Crippen LogP contribution in [0.3, 0.4) is 0 Å². The number of pyridine rings is 1. The molecule has 4 rings (SSSR count). The molecule has 1 unspecified atom stereocenters. The lowest BCUT2D eigenvalue weighted by Gasteiger charge is -2.17. The van der Waals surface area contributed by atoms with Crippen molar-refractivity contribution in [1.29, 1.82) is 0 Å². The van der Waals surface area contributed by atoms with E-state index in [4.69, 9.17) is 0 Å². The highest BCUT2D eigenvalue weighted by atomic mass is 19.3. The molecule has 2 heterocycles. The maximum Gasteiger partial charge on any atom is 0.273 e. The number of aryl methyl sites for hydroxylation is 2. The second-order valence-corrected chi connectivity index (χ2v) is 8.92. The number of benzene rings is 2. The number of alkyl halides is 2. The number of hydrogen-bond donors (Lipinski definition) is 0. The van der Waals surface area contributed by atoms with Gasteiger partial charge in [-0.3, -0.25) is 14.6 Å². The average molecular weight is 476 g/mol. The van der Waals surface area contributed by atoms with E-state index in [1.165, 1.54) is 30.1 Å². The highest BCUT2D eigenvalue weighted by Gasteiger charge is 2.39. The molecule has 1 atom stereocenters. The maximum absolute atomic E-state index is 14.1. The maximum atomic E-state index is 14.1. The molecule has 1 aliphatic heterocycles. The normalized spacial score (nSPS) is 15.9. The molecule has 3 aromatic rings. The van der Waals surface area contributed by atoms with Gasteiger partial charge in [0.15, 0.2) is 5.78 Å². The summed E-state index contributed by atoms with van der Waals surface area (Å²) < 4.78 is 28.2. The van der Waals surface area contributed by atoms with E-state index in [0.717, 1.165) is 22.3 Å². The number of carbonyl (C=O) groups excluding carboxylic acids is 2. The minimum atomic E-state index is -2.97. The Bertz CT molecular complexity index is 1330. The summed E-state index contributed by atoms with van der Waals surface area (Å²) >= 11 is 0. The van der Waals surface area contributed by atoms with Crippen LogP contribution in [0.25, 0.3) is 11.1 Å². The summed E-state index contributed by atoms with van der Waals surface area (Å²) in [7, 11) is 0. The van der Waals surface area contributed by atoms with Crippen LogP contribution in [0.15, 0.2) is 66.0 Å². The molecule has 0 bridgehead atoms. The number of hydrazone groups is 1. The summed E-state index contributed by atoms with van der Waals surface area (Å²) in [6.07, 6.45) is 3.05.